The molecule has 1 saturated carbocycles. The molecule has 2 N–H and O–H groups in total. The maximum Gasteiger partial charge on any atom is 0.438 e. The highest BCUT2D eigenvalue weighted by atomic mass is 19.1. The zero-order valence-electron chi connectivity index (χ0n) is 30.3. The van der Waals surface area contributed by atoms with Gasteiger partial charge in [0, 0.05) is 48.4 Å². The Morgan fingerprint density at radius 1 is 1.08 bits per heavy atom. The second-order valence-electron chi connectivity index (χ2n) is 15.5. The average molecular weight is 721 g/mol. The number of aromatic nitrogens is 7. The summed E-state index contributed by atoms with van der Waals surface area (Å²) in [4.78, 5) is 47.9. The summed E-state index contributed by atoms with van der Waals surface area (Å²) in [5.74, 6) is 0.0445. The fourth-order valence-electron chi connectivity index (χ4n) is 8.90. The van der Waals surface area contributed by atoms with Crippen molar-refractivity contribution in [3.8, 4) is 11.5 Å². The van der Waals surface area contributed by atoms with E-state index in [1.165, 1.54) is 16.2 Å². The summed E-state index contributed by atoms with van der Waals surface area (Å²) in [6.45, 7) is 11.0. The van der Waals surface area contributed by atoms with Crippen molar-refractivity contribution in [3.05, 3.63) is 116 Å². The van der Waals surface area contributed by atoms with Crippen LogP contribution in [0.1, 0.15) is 97.6 Å². The molecule has 4 atom stereocenters. The second-order valence-corrected chi connectivity index (χ2v) is 15.5. The molecular weight excluding hydrogens is 679 g/mol. The third-order valence-electron chi connectivity index (χ3n) is 11.7. The summed E-state index contributed by atoms with van der Waals surface area (Å²) >= 11 is 0. The second kappa shape index (κ2) is 11.8. The zero-order valence-corrected chi connectivity index (χ0v) is 30.3. The number of halogens is 1. The Labute approximate surface area is 303 Å². The summed E-state index contributed by atoms with van der Waals surface area (Å²) in [5.41, 5.74) is 3.67. The average Bonchev–Trinajstić information content (AvgIpc) is 3.64. The van der Waals surface area contributed by atoms with Crippen LogP contribution in [-0.2, 0) is 16.7 Å². The molecule has 13 nitrogen and oxygen atoms in total. The van der Waals surface area contributed by atoms with Crippen molar-refractivity contribution >= 4 is 16.8 Å². The number of carbonyl (C=O) groups is 1. The number of nitrogens with one attached hydrogen (secondary N) is 2. The van der Waals surface area contributed by atoms with Crippen LogP contribution in [0.4, 0.5) is 4.39 Å². The smallest absolute Gasteiger partial charge is 0.376 e. The van der Waals surface area contributed by atoms with Crippen LogP contribution >= 0.6 is 0 Å². The van der Waals surface area contributed by atoms with E-state index in [0.29, 0.717) is 60.5 Å². The fraction of sp³-hybridized carbons (Fsp3) is 0.410. The highest BCUT2D eigenvalue weighted by Crippen LogP contribution is 2.56. The van der Waals surface area contributed by atoms with Gasteiger partial charge in [-0.05, 0) is 106 Å². The largest absolute Gasteiger partial charge is 0.438 e. The highest BCUT2D eigenvalue weighted by molar-refractivity contribution is 6.00. The van der Waals surface area contributed by atoms with Crippen molar-refractivity contribution in [1.82, 2.24) is 38.9 Å². The maximum absolute atomic E-state index is 15.2. The number of hydrogen-bond acceptors (Lipinski definition) is 7. The van der Waals surface area contributed by atoms with E-state index in [4.69, 9.17) is 14.4 Å². The Morgan fingerprint density at radius 3 is 2.57 bits per heavy atom. The number of nitrogens with zero attached hydrogens (tertiary/aromatic N) is 6. The monoisotopic (exact) mass is 720 g/mol. The quantitative estimate of drug-likeness (QED) is 0.226. The van der Waals surface area contributed by atoms with Crippen LogP contribution in [0.25, 0.3) is 22.4 Å². The molecule has 274 valence electrons. The summed E-state index contributed by atoms with van der Waals surface area (Å²) in [6, 6.07) is 12.6. The lowest BCUT2D eigenvalue weighted by Crippen LogP contribution is -2.41. The number of amides is 1. The summed E-state index contributed by atoms with van der Waals surface area (Å²) in [7, 11) is 0. The van der Waals surface area contributed by atoms with Crippen molar-refractivity contribution in [2.75, 3.05) is 13.2 Å². The zero-order chi connectivity index (χ0) is 37.0. The Morgan fingerprint density at radius 2 is 1.89 bits per heavy atom. The first kappa shape index (κ1) is 33.3. The number of H-pyrrole nitrogens is 2. The number of rotatable bonds is 6. The van der Waals surface area contributed by atoms with Crippen molar-refractivity contribution in [2.45, 2.75) is 83.4 Å². The number of imidazole rings is 1. The summed E-state index contributed by atoms with van der Waals surface area (Å²) < 4.78 is 30.6. The number of aromatic amines is 2. The highest BCUT2D eigenvalue weighted by Gasteiger charge is 2.59. The molecule has 53 heavy (non-hydrogen) atoms. The van der Waals surface area contributed by atoms with Crippen LogP contribution in [0.3, 0.4) is 0 Å². The number of benzene rings is 2. The molecule has 1 amide bonds. The predicted molar refractivity (Wildman–Crippen MR) is 193 cm³/mol. The minimum absolute atomic E-state index is 0.0521. The molecule has 9 rings (SSSR count). The molecule has 6 aromatic rings. The number of aryl methyl sites for hydroxylation is 1. The van der Waals surface area contributed by atoms with E-state index in [9.17, 15) is 14.0 Å². The third-order valence-corrected chi connectivity index (χ3v) is 11.7. The van der Waals surface area contributed by atoms with Crippen LogP contribution in [0.15, 0.2) is 69.0 Å². The van der Waals surface area contributed by atoms with Crippen LogP contribution in [-0.4, -0.2) is 63.6 Å². The molecule has 3 aliphatic rings. The van der Waals surface area contributed by atoms with Gasteiger partial charge in [-0.2, -0.15) is 5.10 Å². The molecule has 4 aromatic heterocycles. The topological polar surface area (TPSA) is 149 Å². The first-order valence-corrected chi connectivity index (χ1v) is 18.2. The number of ether oxygens (including phenoxy) is 1. The van der Waals surface area contributed by atoms with Gasteiger partial charge in [-0.15, -0.1) is 0 Å². The van der Waals surface area contributed by atoms with E-state index < -0.39 is 17.3 Å². The Balaban J connectivity index is 1.18. The summed E-state index contributed by atoms with van der Waals surface area (Å²) in [5, 5.41) is 10.0. The van der Waals surface area contributed by atoms with E-state index in [0.717, 1.165) is 35.0 Å². The van der Waals surface area contributed by atoms with Crippen LogP contribution in [0, 0.1) is 18.7 Å². The van der Waals surface area contributed by atoms with Gasteiger partial charge in [-0.3, -0.25) is 18.9 Å². The van der Waals surface area contributed by atoms with Gasteiger partial charge >= 0.3 is 11.4 Å². The molecule has 2 fully saturated rings. The van der Waals surface area contributed by atoms with Gasteiger partial charge in [-0.25, -0.2) is 18.7 Å². The first-order chi connectivity index (χ1) is 25.4. The van der Waals surface area contributed by atoms with E-state index >= 15 is 4.79 Å². The Hall–Kier alpha value is -5.50. The lowest BCUT2D eigenvalue weighted by molar-refractivity contribution is -0.0592. The van der Waals surface area contributed by atoms with Crippen molar-refractivity contribution in [1.29, 1.82) is 0 Å². The van der Waals surface area contributed by atoms with E-state index in [2.05, 4.69) is 54.1 Å². The number of carbonyl (C=O) groups excluding carboxylic acids is 1. The van der Waals surface area contributed by atoms with E-state index in [-0.39, 0.29) is 28.9 Å². The molecular formula is C39H41FN8O5. The van der Waals surface area contributed by atoms with Gasteiger partial charge in [0.15, 0.2) is 5.82 Å². The molecule has 0 spiro atoms. The van der Waals surface area contributed by atoms with Gasteiger partial charge in [-0.1, -0.05) is 18.1 Å². The van der Waals surface area contributed by atoms with Crippen LogP contribution < -0.4 is 11.4 Å². The van der Waals surface area contributed by atoms with Gasteiger partial charge in [0.1, 0.15) is 22.9 Å². The van der Waals surface area contributed by atoms with Gasteiger partial charge in [0.2, 0.25) is 0 Å². The lowest BCUT2D eigenvalue weighted by Gasteiger charge is -2.35. The van der Waals surface area contributed by atoms with Crippen molar-refractivity contribution < 1.29 is 18.4 Å². The normalized spacial score (nSPS) is 23.7. The molecule has 0 bridgehead atoms. The van der Waals surface area contributed by atoms with Crippen LogP contribution in [0.2, 0.25) is 0 Å². The SMILES string of the molecule is Cc1cc(-n2nc3c(c2-n2cc[nH]c2=O)[C@H](C)N(C(=O)c2cc4cc([C@H]5CCOC(C)(C)C5)ccc4n2[C@@]2(c4noc(=O)[nH]4)C[C@@H]2C)CC3)ccc1F. The molecule has 1 saturated heterocycles. The Kier molecular flexibility index (Phi) is 7.39. The van der Waals surface area contributed by atoms with Crippen molar-refractivity contribution in [2.24, 2.45) is 5.92 Å². The standard InChI is InChI=1S/C39H41FN8O5/c1-21-16-27(7-8-28(21)40)48-33(46-14-12-41-36(46)50)32-23(3)45(13-10-29(32)43-48)34(49)31-18-26-17-24(25-11-15-52-38(4,5)20-25)6-9-30(26)47(31)39(19-22(39)2)35-42-37(51)53-44-35/h6-9,12,14,16-18,22-23,25H,10-11,13,15,19-20H2,1-5H3,(H,41,50)(H,42,44,51)/t22-,23-,25-,39-/m0/s1. The molecule has 6 heterocycles. The van der Waals surface area contributed by atoms with Gasteiger partial charge in [0.25, 0.3) is 5.91 Å². The molecule has 1 aliphatic carbocycles. The fourth-order valence-corrected chi connectivity index (χ4v) is 8.90. The van der Waals surface area contributed by atoms with Crippen molar-refractivity contribution in [3.63, 3.8) is 0 Å². The Bertz CT molecular complexity index is 2550. The third kappa shape index (κ3) is 5.17. The molecule has 14 heteroatoms. The lowest BCUT2D eigenvalue weighted by atomic mass is 9.83. The van der Waals surface area contributed by atoms with Gasteiger partial charge in [0.05, 0.1) is 23.0 Å². The number of hydrogen-bond donors (Lipinski definition) is 2. The minimum atomic E-state index is -0.791. The number of fused-ring (bicyclic) bond motifs is 2. The molecule has 2 aliphatic heterocycles. The van der Waals surface area contributed by atoms with E-state index in [1.54, 1.807) is 36.1 Å². The minimum Gasteiger partial charge on any atom is -0.376 e. The predicted octanol–water partition coefficient (Wildman–Crippen LogP) is 5.65. The molecule has 0 radical (unpaired) electrons. The first-order valence-electron chi connectivity index (χ1n) is 18.2. The maximum atomic E-state index is 15.2. The molecule has 2 aromatic carbocycles. The van der Waals surface area contributed by atoms with E-state index in [1.807, 2.05) is 22.5 Å². The van der Waals surface area contributed by atoms with Crippen LogP contribution in [0.5, 0.6) is 0 Å². The van der Waals surface area contributed by atoms with Gasteiger partial charge < -0.3 is 19.2 Å². The summed E-state index contributed by atoms with van der Waals surface area (Å²) in [6.07, 6.45) is 6.07. The molecule has 0 unspecified atom stereocenters.